The Hall–Kier alpha value is -2.83. The lowest BCUT2D eigenvalue weighted by Crippen LogP contribution is -2.46. The van der Waals surface area contributed by atoms with Crippen LogP contribution < -0.4 is 15.0 Å². The molecule has 5 nitrogen and oxygen atoms in total. The van der Waals surface area contributed by atoms with Crippen molar-refractivity contribution in [1.82, 2.24) is 5.32 Å². The Bertz CT molecular complexity index is 1080. The van der Waals surface area contributed by atoms with Crippen LogP contribution in [-0.4, -0.2) is 25.0 Å². The van der Waals surface area contributed by atoms with E-state index in [-0.39, 0.29) is 24.3 Å². The van der Waals surface area contributed by atoms with Crippen LogP contribution in [0.4, 0.5) is 5.69 Å². The lowest BCUT2D eigenvalue weighted by molar-refractivity contribution is -0.127. The summed E-state index contributed by atoms with van der Waals surface area (Å²) >= 11 is 7.66. The summed E-state index contributed by atoms with van der Waals surface area (Å²) in [5.41, 5.74) is 1.31. The van der Waals surface area contributed by atoms with Crippen LogP contribution in [0.5, 0.6) is 5.75 Å². The lowest BCUT2D eigenvalue weighted by atomic mass is 10.0. The van der Waals surface area contributed by atoms with Crippen molar-refractivity contribution >= 4 is 40.4 Å². The van der Waals surface area contributed by atoms with E-state index in [2.05, 4.69) is 5.32 Å². The molecule has 1 aromatic heterocycles. The average Bonchev–Trinajstić information content (AvgIpc) is 3.52. The Morgan fingerprint density at radius 1 is 1.12 bits per heavy atom. The number of nitrogens with zero attached hydrogens (tertiary/aromatic N) is 1. The maximum atomic E-state index is 13.7. The van der Waals surface area contributed by atoms with E-state index in [1.165, 1.54) is 11.3 Å². The Morgan fingerprint density at radius 2 is 1.88 bits per heavy atom. The van der Waals surface area contributed by atoms with Crippen LogP contribution in [0.2, 0.25) is 5.02 Å². The van der Waals surface area contributed by atoms with E-state index in [1.54, 1.807) is 30.2 Å². The monoisotopic (exact) mass is 482 g/mol. The Balaban J connectivity index is 1.77. The highest BCUT2D eigenvalue weighted by atomic mass is 35.5. The first-order valence-corrected chi connectivity index (χ1v) is 12.4. The highest BCUT2D eigenvalue weighted by Crippen LogP contribution is 2.32. The molecule has 1 heterocycles. The molecular formula is C26H27ClN2O3S. The quantitative estimate of drug-likeness (QED) is 0.442. The fourth-order valence-electron chi connectivity index (χ4n) is 4.26. The van der Waals surface area contributed by atoms with Gasteiger partial charge in [0.2, 0.25) is 11.8 Å². The molecule has 0 radical (unpaired) electrons. The van der Waals surface area contributed by atoms with Crippen LogP contribution in [0.25, 0.3) is 0 Å². The van der Waals surface area contributed by atoms with Crippen molar-refractivity contribution in [3.63, 3.8) is 0 Å². The SMILES string of the molecule is COc1cccc(N(C(=O)Cc2cccs2)[C@H](C(=O)NC2CCCC2)c2ccc(Cl)cc2)c1. The summed E-state index contributed by atoms with van der Waals surface area (Å²) in [4.78, 5) is 30.0. The molecule has 172 valence electrons. The summed E-state index contributed by atoms with van der Waals surface area (Å²) in [5.74, 6) is 0.270. The van der Waals surface area contributed by atoms with Gasteiger partial charge < -0.3 is 10.1 Å². The summed E-state index contributed by atoms with van der Waals surface area (Å²) < 4.78 is 5.41. The lowest BCUT2D eigenvalue weighted by Gasteiger charge is -2.32. The normalized spacial score (nSPS) is 14.6. The number of rotatable bonds is 8. The third-order valence-electron chi connectivity index (χ3n) is 5.90. The zero-order valence-corrected chi connectivity index (χ0v) is 20.1. The van der Waals surface area contributed by atoms with E-state index >= 15 is 0 Å². The molecule has 1 aliphatic rings. The highest BCUT2D eigenvalue weighted by molar-refractivity contribution is 7.10. The summed E-state index contributed by atoms with van der Waals surface area (Å²) in [6.07, 6.45) is 4.33. The molecule has 0 saturated heterocycles. The number of hydrogen-bond acceptors (Lipinski definition) is 4. The largest absolute Gasteiger partial charge is 0.497 e. The maximum absolute atomic E-state index is 13.7. The standard InChI is InChI=1S/C26H27ClN2O3S/c1-32-22-9-4-8-21(16-22)29(24(30)17-23-10-5-15-33-23)25(18-11-13-19(27)14-12-18)26(31)28-20-6-2-3-7-20/h4-5,8-16,20,25H,2-3,6-7,17H2,1H3,(H,28,31)/t25-/m0/s1. The van der Waals surface area contributed by atoms with E-state index < -0.39 is 6.04 Å². The molecule has 7 heteroatoms. The zero-order chi connectivity index (χ0) is 23.2. The summed E-state index contributed by atoms with van der Waals surface area (Å²) in [6.45, 7) is 0. The molecule has 2 aromatic carbocycles. The molecule has 1 aliphatic carbocycles. The fraction of sp³-hybridized carbons (Fsp3) is 0.308. The predicted octanol–water partition coefficient (Wildman–Crippen LogP) is 5.79. The number of halogens is 1. The second-order valence-corrected chi connectivity index (χ2v) is 9.63. The van der Waals surface area contributed by atoms with Crippen molar-refractivity contribution < 1.29 is 14.3 Å². The van der Waals surface area contributed by atoms with Crippen molar-refractivity contribution in [3.05, 3.63) is 81.5 Å². The van der Waals surface area contributed by atoms with Crippen LogP contribution in [0.15, 0.2) is 66.0 Å². The Morgan fingerprint density at radius 3 is 2.55 bits per heavy atom. The molecule has 0 aliphatic heterocycles. The van der Waals surface area contributed by atoms with E-state index in [0.717, 1.165) is 30.6 Å². The molecule has 1 N–H and O–H groups in total. The number of benzene rings is 2. The topological polar surface area (TPSA) is 58.6 Å². The van der Waals surface area contributed by atoms with Gasteiger partial charge in [0.25, 0.3) is 0 Å². The van der Waals surface area contributed by atoms with E-state index in [0.29, 0.717) is 22.0 Å². The second kappa shape index (κ2) is 10.9. The number of carbonyl (C=O) groups excluding carboxylic acids is 2. The van der Waals surface area contributed by atoms with Gasteiger partial charge in [0.05, 0.1) is 13.5 Å². The van der Waals surface area contributed by atoms with Crippen molar-refractivity contribution in [1.29, 1.82) is 0 Å². The van der Waals surface area contributed by atoms with Crippen LogP contribution in [-0.2, 0) is 16.0 Å². The van der Waals surface area contributed by atoms with E-state index in [4.69, 9.17) is 16.3 Å². The number of hydrogen-bond donors (Lipinski definition) is 1. The molecule has 0 unspecified atom stereocenters. The molecule has 0 bridgehead atoms. The minimum atomic E-state index is -0.831. The van der Waals surface area contributed by atoms with Crippen molar-refractivity contribution in [3.8, 4) is 5.75 Å². The Kier molecular flexibility index (Phi) is 7.68. The smallest absolute Gasteiger partial charge is 0.248 e. The fourth-order valence-corrected chi connectivity index (χ4v) is 5.08. The third kappa shape index (κ3) is 5.75. The molecule has 2 amide bonds. The van der Waals surface area contributed by atoms with Gasteiger partial charge >= 0.3 is 0 Å². The van der Waals surface area contributed by atoms with Crippen molar-refractivity contribution in [2.75, 3.05) is 12.0 Å². The number of carbonyl (C=O) groups is 2. The van der Waals surface area contributed by atoms with Gasteiger partial charge in [0.1, 0.15) is 11.8 Å². The van der Waals surface area contributed by atoms with Crippen LogP contribution in [0.3, 0.4) is 0 Å². The molecular weight excluding hydrogens is 456 g/mol. The van der Waals surface area contributed by atoms with Crippen molar-refractivity contribution in [2.24, 2.45) is 0 Å². The minimum Gasteiger partial charge on any atom is -0.497 e. The van der Waals surface area contributed by atoms with Gasteiger partial charge in [-0.1, -0.05) is 48.7 Å². The number of ether oxygens (including phenoxy) is 1. The molecule has 1 saturated carbocycles. The van der Waals surface area contributed by atoms with Gasteiger partial charge in [-0.15, -0.1) is 11.3 Å². The van der Waals surface area contributed by atoms with Crippen LogP contribution in [0.1, 0.15) is 42.2 Å². The van der Waals surface area contributed by atoms with Gasteiger partial charge in [-0.3, -0.25) is 14.5 Å². The first-order chi connectivity index (χ1) is 16.0. The van der Waals surface area contributed by atoms with Gasteiger partial charge in [-0.05, 0) is 54.1 Å². The highest BCUT2D eigenvalue weighted by Gasteiger charge is 2.34. The molecule has 0 spiro atoms. The van der Waals surface area contributed by atoms with Gasteiger partial charge in [0.15, 0.2) is 0 Å². The van der Waals surface area contributed by atoms with E-state index in [1.807, 2.05) is 47.8 Å². The summed E-state index contributed by atoms with van der Waals surface area (Å²) in [6, 6.07) is 17.6. The molecule has 3 aromatic rings. The Labute approximate surface area is 203 Å². The first kappa shape index (κ1) is 23.3. The van der Waals surface area contributed by atoms with Crippen LogP contribution in [0, 0.1) is 0 Å². The molecule has 1 fully saturated rings. The third-order valence-corrected chi connectivity index (χ3v) is 7.03. The minimum absolute atomic E-state index is 0.131. The van der Waals surface area contributed by atoms with Gasteiger partial charge in [-0.25, -0.2) is 0 Å². The maximum Gasteiger partial charge on any atom is 0.248 e. The number of anilines is 1. The van der Waals surface area contributed by atoms with Crippen molar-refractivity contribution in [2.45, 2.75) is 44.2 Å². The molecule has 1 atom stereocenters. The number of amides is 2. The number of thiophene rings is 1. The first-order valence-electron chi connectivity index (χ1n) is 11.1. The zero-order valence-electron chi connectivity index (χ0n) is 18.5. The average molecular weight is 483 g/mol. The predicted molar refractivity (Wildman–Crippen MR) is 133 cm³/mol. The van der Waals surface area contributed by atoms with Gasteiger partial charge in [-0.2, -0.15) is 0 Å². The number of methoxy groups -OCH3 is 1. The van der Waals surface area contributed by atoms with Gasteiger partial charge in [0, 0.05) is 27.7 Å². The van der Waals surface area contributed by atoms with E-state index in [9.17, 15) is 9.59 Å². The summed E-state index contributed by atoms with van der Waals surface area (Å²) in [5, 5.41) is 5.71. The van der Waals surface area contributed by atoms with Crippen LogP contribution >= 0.6 is 22.9 Å². The summed E-state index contributed by atoms with van der Waals surface area (Å²) in [7, 11) is 1.58. The number of nitrogens with one attached hydrogen (secondary N) is 1. The molecule has 33 heavy (non-hydrogen) atoms. The second-order valence-electron chi connectivity index (χ2n) is 8.17. The molecule has 4 rings (SSSR count).